The van der Waals surface area contributed by atoms with Crippen LogP contribution in [-0.2, 0) is 21.8 Å². The Hall–Kier alpha value is -4.09. The zero-order valence-corrected chi connectivity index (χ0v) is 23.1. The average molecular weight is 544 g/mol. The quantitative estimate of drug-likeness (QED) is 0.328. The topological polar surface area (TPSA) is 108 Å². The monoisotopic (exact) mass is 543 g/mol. The number of nitrogens with zero attached hydrogens (tertiary/aromatic N) is 7. The van der Waals surface area contributed by atoms with E-state index in [-0.39, 0.29) is 10.9 Å². The molecule has 1 aliphatic rings. The van der Waals surface area contributed by atoms with Gasteiger partial charge >= 0.3 is 0 Å². The smallest absolute Gasteiger partial charge is 0.269 e. The summed E-state index contributed by atoms with van der Waals surface area (Å²) < 4.78 is 35.7. The van der Waals surface area contributed by atoms with Crippen LogP contribution in [-0.4, -0.2) is 62.9 Å². The standard InChI is InChI=1S/C28H29N7O3S/c1-18-5-7-21(8-6-18)39(36,37)35-12-10-23-22(9-11-29-28(23)35)27-31-25(24-16-30-33(4)20(24)3)15-26(32-27)34-13-14-38-17-19(34)2/h5-12,15-16,19H,13-14,17H2,1-4H3/t19-/m1/s1. The summed E-state index contributed by atoms with van der Waals surface area (Å²) in [5.41, 5.74) is 4.64. The second-order valence-electron chi connectivity index (χ2n) is 9.85. The highest BCUT2D eigenvalue weighted by atomic mass is 32.2. The van der Waals surface area contributed by atoms with Crippen molar-refractivity contribution in [1.29, 1.82) is 0 Å². The minimum absolute atomic E-state index is 0.141. The number of aryl methyl sites for hydroxylation is 2. The molecule has 0 bridgehead atoms. The highest BCUT2D eigenvalue weighted by Crippen LogP contribution is 2.33. The molecule has 6 rings (SSSR count). The Morgan fingerprint density at radius 3 is 2.54 bits per heavy atom. The maximum Gasteiger partial charge on any atom is 0.269 e. The number of hydrogen-bond acceptors (Lipinski definition) is 8. The van der Waals surface area contributed by atoms with Crippen LogP contribution in [0.5, 0.6) is 0 Å². The van der Waals surface area contributed by atoms with Crippen LogP contribution < -0.4 is 4.90 Å². The first-order valence-electron chi connectivity index (χ1n) is 12.7. The number of aromatic nitrogens is 6. The van der Waals surface area contributed by atoms with Crippen LogP contribution >= 0.6 is 0 Å². The Bertz CT molecular complexity index is 1790. The van der Waals surface area contributed by atoms with E-state index in [2.05, 4.69) is 21.9 Å². The van der Waals surface area contributed by atoms with Crippen LogP contribution in [0.3, 0.4) is 0 Å². The fourth-order valence-corrected chi connectivity index (χ4v) is 6.19. The van der Waals surface area contributed by atoms with E-state index >= 15 is 0 Å². The molecule has 0 aliphatic carbocycles. The predicted molar refractivity (Wildman–Crippen MR) is 149 cm³/mol. The SMILES string of the molecule is Cc1ccc(S(=O)(=O)n2ccc3c(-c4nc(-c5cnn(C)c5C)cc(N5CCOC[C@H]5C)n4)ccnc32)cc1. The van der Waals surface area contributed by atoms with E-state index in [1.54, 1.807) is 42.7 Å². The molecule has 39 heavy (non-hydrogen) atoms. The second-order valence-corrected chi connectivity index (χ2v) is 11.7. The molecule has 0 N–H and O–H groups in total. The Balaban J connectivity index is 1.52. The van der Waals surface area contributed by atoms with Crippen LogP contribution in [0, 0.1) is 13.8 Å². The molecule has 10 nitrogen and oxygen atoms in total. The predicted octanol–water partition coefficient (Wildman–Crippen LogP) is 3.97. The van der Waals surface area contributed by atoms with Gasteiger partial charge in [-0.2, -0.15) is 5.10 Å². The molecule has 0 amide bonds. The van der Waals surface area contributed by atoms with E-state index in [0.29, 0.717) is 42.2 Å². The Morgan fingerprint density at radius 2 is 1.82 bits per heavy atom. The Kier molecular flexibility index (Phi) is 6.19. The normalized spacial score (nSPS) is 16.2. The van der Waals surface area contributed by atoms with Gasteiger partial charge in [-0.1, -0.05) is 17.7 Å². The Morgan fingerprint density at radius 1 is 1.03 bits per heavy atom. The van der Waals surface area contributed by atoms with Crippen molar-refractivity contribution >= 4 is 26.9 Å². The molecule has 0 unspecified atom stereocenters. The number of ether oxygens (including phenoxy) is 1. The van der Waals surface area contributed by atoms with Crippen LogP contribution in [0.4, 0.5) is 5.82 Å². The molecule has 0 radical (unpaired) electrons. The molecule has 5 aromatic rings. The summed E-state index contributed by atoms with van der Waals surface area (Å²) >= 11 is 0. The third-order valence-electron chi connectivity index (χ3n) is 7.26. The van der Waals surface area contributed by atoms with Gasteiger partial charge in [-0.3, -0.25) is 4.68 Å². The van der Waals surface area contributed by atoms with E-state index in [0.717, 1.165) is 28.3 Å². The largest absolute Gasteiger partial charge is 0.377 e. The zero-order valence-electron chi connectivity index (χ0n) is 22.2. The van der Waals surface area contributed by atoms with E-state index < -0.39 is 10.0 Å². The molecule has 1 atom stereocenters. The van der Waals surface area contributed by atoms with Crippen molar-refractivity contribution in [3.63, 3.8) is 0 Å². The van der Waals surface area contributed by atoms with Gasteiger partial charge in [0.05, 0.1) is 36.0 Å². The van der Waals surface area contributed by atoms with Crippen molar-refractivity contribution in [3.8, 4) is 22.6 Å². The van der Waals surface area contributed by atoms with Gasteiger partial charge < -0.3 is 9.64 Å². The van der Waals surface area contributed by atoms with Gasteiger partial charge in [0.2, 0.25) is 0 Å². The van der Waals surface area contributed by atoms with Crippen molar-refractivity contribution in [1.82, 2.24) is 28.7 Å². The summed E-state index contributed by atoms with van der Waals surface area (Å²) in [6.45, 7) is 7.96. The molecule has 200 valence electrons. The third-order valence-corrected chi connectivity index (χ3v) is 8.94. The van der Waals surface area contributed by atoms with Gasteiger partial charge in [-0.25, -0.2) is 27.3 Å². The lowest BCUT2D eigenvalue weighted by Gasteiger charge is -2.34. The van der Waals surface area contributed by atoms with Crippen molar-refractivity contribution < 1.29 is 13.2 Å². The van der Waals surface area contributed by atoms with Crippen molar-refractivity contribution in [2.75, 3.05) is 24.7 Å². The van der Waals surface area contributed by atoms with E-state index in [1.807, 2.05) is 37.7 Å². The Labute approximate surface area is 227 Å². The van der Waals surface area contributed by atoms with Crippen LogP contribution in [0.1, 0.15) is 18.2 Å². The number of rotatable bonds is 5. The first-order valence-corrected chi connectivity index (χ1v) is 14.2. The molecule has 0 spiro atoms. The lowest BCUT2D eigenvalue weighted by molar-refractivity contribution is 0.0985. The summed E-state index contributed by atoms with van der Waals surface area (Å²) in [7, 11) is -1.95. The third kappa shape index (κ3) is 4.37. The number of benzene rings is 1. The number of fused-ring (bicyclic) bond motifs is 1. The highest BCUT2D eigenvalue weighted by Gasteiger charge is 2.25. The van der Waals surface area contributed by atoms with Gasteiger partial charge in [-0.05, 0) is 45.0 Å². The number of anilines is 1. The number of pyridine rings is 1. The summed E-state index contributed by atoms with van der Waals surface area (Å²) in [5, 5.41) is 5.06. The van der Waals surface area contributed by atoms with Crippen LogP contribution in [0.25, 0.3) is 33.7 Å². The highest BCUT2D eigenvalue weighted by molar-refractivity contribution is 7.90. The van der Waals surface area contributed by atoms with E-state index in [9.17, 15) is 8.42 Å². The number of hydrogen-bond donors (Lipinski definition) is 0. The van der Waals surface area contributed by atoms with Crippen molar-refractivity contribution in [2.24, 2.45) is 7.05 Å². The lowest BCUT2D eigenvalue weighted by atomic mass is 10.1. The van der Waals surface area contributed by atoms with Crippen LogP contribution in [0.2, 0.25) is 0 Å². The first-order chi connectivity index (χ1) is 18.7. The van der Waals surface area contributed by atoms with Crippen molar-refractivity contribution in [2.45, 2.75) is 31.7 Å². The number of morpholine rings is 1. The molecular weight excluding hydrogens is 514 g/mol. The van der Waals surface area contributed by atoms with Crippen LogP contribution in [0.15, 0.2) is 66.0 Å². The molecular formula is C28H29N7O3S. The maximum absolute atomic E-state index is 13.5. The zero-order chi connectivity index (χ0) is 27.3. The molecule has 11 heteroatoms. The first kappa shape index (κ1) is 25.2. The summed E-state index contributed by atoms with van der Waals surface area (Å²) in [6.07, 6.45) is 4.94. The second kappa shape index (κ2) is 9.58. The maximum atomic E-state index is 13.5. The fraction of sp³-hybridized carbons (Fsp3) is 0.286. The molecule has 1 saturated heterocycles. The van der Waals surface area contributed by atoms with E-state index in [1.165, 1.54) is 10.2 Å². The van der Waals surface area contributed by atoms with Crippen molar-refractivity contribution in [3.05, 3.63) is 72.3 Å². The van der Waals surface area contributed by atoms with Gasteiger partial charge in [0.25, 0.3) is 10.0 Å². The molecule has 5 heterocycles. The molecule has 1 aliphatic heterocycles. The summed E-state index contributed by atoms with van der Waals surface area (Å²) in [6, 6.07) is 12.5. The minimum atomic E-state index is -3.84. The fourth-order valence-electron chi connectivity index (χ4n) is 4.89. The summed E-state index contributed by atoms with van der Waals surface area (Å²) in [4.78, 5) is 16.8. The molecule has 1 fully saturated rings. The van der Waals surface area contributed by atoms with E-state index in [4.69, 9.17) is 14.7 Å². The van der Waals surface area contributed by atoms with Gasteiger partial charge in [0.1, 0.15) is 5.82 Å². The molecule has 0 saturated carbocycles. The average Bonchev–Trinajstić information content (AvgIpc) is 3.52. The van der Waals surface area contributed by atoms with Gasteiger partial charge in [-0.15, -0.1) is 0 Å². The van der Waals surface area contributed by atoms with Gasteiger partial charge in [0.15, 0.2) is 11.5 Å². The lowest BCUT2D eigenvalue weighted by Crippen LogP contribution is -2.44. The van der Waals surface area contributed by atoms with Gasteiger partial charge in [0, 0.05) is 54.3 Å². The molecule has 4 aromatic heterocycles. The molecule has 1 aromatic carbocycles. The minimum Gasteiger partial charge on any atom is -0.377 e. The summed E-state index contributed by atoms with van der Waals surface area (Å²) in [5.74, 6) is 1.27.